The summed E-state index contributed by atoms with van der Waals surface area (Å²) in [6.45, 7) is 0.726. The summed E-state index contributed by atoms with van der Waals surface area (Å²) in [4.78, 5) is 64.6. The zero-order valence-electron chi connectivity index (χ0n) is 21.1. The summed E-state index contributed by atoms with van der Waals surface area (Å²) in [5.41, 5.74) is 3.21. The zero-order chi connectivity index (χ0) is 27.0. The third-order valence-corrected chi connectivity index (χ3v) is 7.82. The van der Waals surface area contributed by atoms with Gasteiger partial charge in [0.2, 0.25) is 17.7 Å². The molecule has 1 atom stereocenters. The summed E-state index contributed by atoms with van der Waals surface area (Å²) in [6, 6.07) is 9.44. The van der Waals surface area contributed by atoms with Crippen LogP contribution >= 0.6 is 0 Å². The van der Waals surface area contributed by atoms with Gasteiger partial charge in [-0.05, 0) is 55.0 Å². The van der Waals surface area contributed by atoms with Crippen molar-refractivity contribution in [2.45, 2.75) is 31.1 Å². The average Bonchev–Trinajstić information content (AvgIpc) is 3.48. The Morgan fingerprint density at radius 2 is 1.85 bits per heavy atom. The molecule has 1 saturated heterocycles. The Hall–Kier alpha value is -4.67. The molecule has 4 heterocycles. The number of aromatic nitrogens is 3. The van der Waals surface area contributed by atoms with Crippen LogP contribution in [0.5, 0.6) is 0 Å². The van der Waals surface area contributed by atoms with Crippen molar-refractivity contribution in [2.75, 3.05) is 30.3 Å². The molecule has 1 aromatic carbocycles. The van der Waals surface area contributed by atoms with Crippen LogP contribution in [0.25, 0.3) is 0 Å². The lowest BCUT2D eigenvalue weighted by atomic mass is 9.79. The summed E-state index contributed by atoms with van der Waals surface area (Å²) in [7, 11) is 0. The first-order chi connectivity index (χ1) is 18.9. The number of carbonyl (C=O) groups excluding carboxylic acids is 4. The van der Waals surface area contributed by atoms with Crippen LogP contribution in [-0.2, 0) is 32.6 Å². The van der Waals surface area contributed by atoms with Gasteiger partial charge in [-0.2, -0.15) is 0 Å². The molecule has 4 amide bonds. The van der Waals surface area contributed by atoms with Gasteiger partial charge in [0, 0.05) is 48.8 Å². The van der Waals surface area contributed by atoms with Crippen molar-refractivity contribution in [3.63, 3.8) is 0 Å². The molecule has 11 nitrogen and oxygen atoms in total. The highest BCUT2D eigenvalue weighted by atomic mass is 16.2. The smallest absolute Gasteiger partial charge is 0.274 e. The summed E-state index contributed by atoms with van der Waals surface area (Å²) >= 11 is 0. The standard InChI is InChI=1S/C28H27N7O4/c36-23(16-32-25(37)17-5-10-35(11-6-17)26(38)22-15-29-8-9-30-22)33-20-4-3-18-13-28(14-19(18)12-20)21-2-1-7-31-24(21)34-27(28)39/h1-4,7-9,12,15,17H,5-6,10-11,13-14,16H2,(H,32,37)(H,33,36)(H,31,34,39). The van der Waals surface area contributed by atoms with Gasteiger partial charge >= 0.3 is 0 Å². The van der Waals surface area contributed by atoms with Gasteiger partial charge < -0.3 is 20.9 Å². The number of pyridine rings is 1. The number of likely N-dealkylation sites (tertiary alicyclic amines) is 1. The van der Waals surface area contributed by atoms with Crippen LogP contribution in [0.15, 0.2) is 55.1 Å². The lowest BCUT2D eigenvalue weighted by Gasteiger charge is -2.31. The number of piperidine rings is 1. The van der Waals surface area contributed by atoms with Crippen molar-refractivity contribution >= 4 is 35.1 Å². The van der Waals surface area contributed by atoms with Gasteiger partial charge in [0.25, 0.3) is 5.91 Å². The lowest BCUT2D eigenvalue weighted by molar-refractivity contribution is -0.128. The molecule has 39 heavy (non-hydrogen) atoms. The van der Waals surface area contributed by atoms with E-state index >= 15 is 0 Å². The molecule has 1 fully saturated rings. The van der Waals surface area contributed by atoms with Crippen LogP contribution in [0.2, 0.25) is 0 Å². The largest absolute Gasteiger partial charge is 0.347 e. The first kappa shape index (κ1) is 24.7. The number of anilines is 2. The Kier molecular flexibility index (Phi) is 6.26. The fourth-order valence-corrected chi connectivity index (χ4v) is 5.78. The Labute approximate surface area is 224 Å². The fourth-order valence-electron chi connectivity index (χ4n) is 5.78. The second kappa shape index (κ2) is 9.90. The maximum atomic E-state index is 12.9. The minimum absolute atomic E-state index is 0.0513. The van der Waals surface area contributed by atoms with Crippen LogP contribution in [0.1, 0.15) is 40.0 Å². The first-order valence-corrected chi connectivity index (χ1v) is 12.9. The van der Waals surface area contributed by atoms with Gasteiger partial charge in [-0.15, -0.1) is 0 Å². The van der Waals surface area contributed by atoms with Crippen LogP contribution in [0.3, 0.4) is 0 Å². The number of fused-ring (bicyclic) bond motifs is 3. The number of carbonyl (C=O) groups is 4. The van der Waals surface area contributed by atoms with Crippen LogP contribution in [-0.4, -0.2) is 63.1 Å². The molecule has 0 radical (unpaired) electrons. The van der Waals surface area contributed by atoms with Gasteiger partial charge in [0.05, 0.1) is 18.2 Å². The molecule has 3 aliphatic rings. The minimum Gasteiger partial charge on any atom is -0.347 e. The van der Waals surface area contributed by atoms with E-state index in [0.717, 1.165) is 16.7 Å². The molecule has 1 spiro atoms. The van der Waals surface area contributed by atoms with Gasteiger partial charge in [-0.3, -0.25) is 24.2 Å². The van der Waals surface area contributed by atoms with Crippen LogP contribution in [0.4, 0.5) is 11.5 Å². The van der Waals surface area contributed by atoms with E-state index in [-0.39, 0.29) is 41.8 Å². The highest BCUT2D eigenvalue weighted by Crippen LogP contribution is 2.46. The van der Waals surface area contributed by atoms with Crippen molar-refractivity contribution in [3.05, 3.63) is 77.5 Å². The number of nitrogens with zero attached hydrogens (tertiary/aromatic N) is 4. The van der Waals surface area contributed by atoms with Crippen molar-refractivity contribution in [3.8, 4) is 0 Å². The summed E-state index contributed by atoms with van der Waals surface area (Å²) in [5.74, 6) is -0.440. The molecule has 0 bridgehead atoms. The van der Waals surface area contributed by atoms with Crippen molar-refractivity contribution in [1.82, 2.24) is 25.2 Å². The van der Waals surface area contributed by atoms with Crippen LogP contribution in [0, 0.1) is 5.92 Å². The molecule has 2 aliphatic heterocycles. The van der Waals surface area contributed by atoms with E-state index in [1.54, 1.807) is 11.1 Å². The van der Waals surface area contributed by atoms with Crippen LogP contribution < -0.4 is 16.0 Å². The van der Waals surface area contributed by atoms with E-state index in [2.05, 4.69) is 30.9 Å². The first-order valence-electron chi connectivity index (χ1n) is 12.9. The van der Waals surface area contributed by atoms with Gasteiger partial charge in [0.1, 0.15) is 11.5 Å². The van der Waals surface area contributed by atoms with Crippen molar-refractivity contribution < 1.29 is 19.2 Å². The number of nitrogens with one attached hydrogen (secondary N) is 3. The average molecular weight is 526 g/mol. The molecule has 2 aromatic heterocycles. The van der Waals surface area contributed by atoms with Gasteiger partial charge in [-0.1, -0.05) is 12.1 Å². The van der Waals surface area contributed by atoms with E-state index < -0.39 is 5.41 Å². The third-order valence-electron chi connectivity index (χ3n) is 7.82. The van der Waals surface area contributed by atoms with E-state index in [1.165, 1.54) is 18.6 Å². The Bertz CT molecular complexity index is 1470. The third kappa shape index (κ3) is 4.60. The normalized spacial score (nSPS) is 19.8. The predicted octanol–water partition coefficient (Wildman–Crippen LogP) is 1.47. The molecule has 3 N–H and O–H groups in total. The van der Waals surface area contributed by atoms with E-state index in [0.29, 0.717) is 50.3 Å². The minimum atomic E-state index is -0.669. The van der Waals surface area contributed by atoms with E-state index in [9.17, 15) is 19.2 Å². The Morgan fingerprint density at radius 1 is 1.03 bits per heavy atom. The maximum Gasteiger partial charge on any atom is 0.274 e. The van der Waals surface area contributed by atoms with E-state index in [4.69, 9.17) is 0 Å². The van der Waals surface area contributed by atoms with Crippen molar-refractivity contribution in [1.29, 1.82) is 0 Å². The van der Waals surface area contributed by atoms with E-state index in [1.807, 2.05) is 30.3 Å². The predicted molar refractivity (Wildman–Crippen MR) is 141 cm³/mol. The second-order valence-electron chi connectivity index (χ2n) is 10.2. The Balaban J connectivity index is 1.00. The molecule has 1 aliphatic carbocycles. The molecule has 11 heteroatoms. The highest BCUT2D eigenvalue weighted by molar-refractivity contribution is 6.06. The number of hydrogen-bond donors (Lipinski definition) is 3. The molecular formula is C28H27N7O4. The topological polar surface area (TPSA) is 146 Å². The number of amides is 4. The lowest BCUT2D eigenvalue weighted by Crippen LogP contribution is -2.44. The number of benzene rings is 1. The SMILES string of the molecule is O=C(CNC(=O)C1CCN(C(=O)c2cnccn2)CC1)Nc1ccc2c(c1)CC1(C2)C(=O)Nc2ncccc21. The second-order valence-corrected chi connectivity index (χ2v) is 10.2. The molecule has 1 unspecified atom stereocenters. The fraction of sp³-hybridized carbons (Fsp3) is 0.321. The monoisotopic (exact) mass is 525 g/mol. The van der Waals surface area contributed by atoms with Gasteiger partial charge in [-0.25, -0.2) is 9.97 Å². The summed E-state index contributed by atoms with van der Waals surface area (Å²) < 4.78 is 0. The number of rotatable bonds is 5. The highest BCUT2D eigenvalue weighted by Gasteiger charge is 2.51. The maximum absolute atomic E-state index is 12.9. The van der Waals surface area contributed by atoms with Gasteiger partial charge in [0.15, 0.2) is 0 Å². The summed E-state index contributed by atoms with van der Waals surface area (Å²) in [5, 5.41) is 8.46. The molecular weight excluding hydrogens is 498 g/mol. The van der Waals surface area contributed by atoms with Crippen molar-refractivity contribution in [2.24, 2.45) is 5.92 Å². The number of hydrogen-bond acceptors (Lipinski definition) is 7. The molecule has 3 aromatic rings. The zero-order valence-corrected chi connectivity index (χ0v) is 21.1. The quantitative estimate of drug-likeness (QED) is 0.457. The molecule has 6 rings (SSSR count). The molecule has 0 saturated carbocycles. The summed E-state index contributed by atoms with van der Waals surface area (Å²) in [6.07, 6.45) is 8.22. The molecule has 198 valence electrons. The Morgan fingerprint density at radius 3 is 2.64 bits per heavy atom.